The first-order chi connectivity index (χ1) is 11.7. The Labute approximate surface area is 137 Å². The zero-order valence-corrected chi connectivity index (χ0v) is 12.3. The van der Waals surface area contributed by atoms with Gasteiger partial charge in [0, 0.05) is 6.07 Å². The highest BCUT2D eigenvalue weighted by Gasteiger charge is 2.53. The lowest BCUT2D eigenvalue weighted by molar-refractivity contribution is -0.385. The topological polar surface area (TPSA) is 105 Å². The van der Waals surface area contributed by atoms with Crippen molar-refractivity contribution in [1.82, 2.24) is 10.4 Å². The molecule has 1 aliphatic rings. The Morgan fingerprint density at radius 3 is 2.64 bits per heavy atom. The molecular weight excluding hydrogens is 354 g/mol. The van der Waals surface area contributed by atoms with E-state index in [1.54, 1.807) is 5.43 Å². The van der Waals surface area contributed by atoms with Crippen LogP contribution in [0.1, 0.15) is 6.42 Å². The summed E-state index contributed by atoms with van der Waals surface area (Å²) >= 11 is 0. The molecule has 1 aromatic carbocycles. The van der Waals surface area contributed by atoms with Crippen LogP contribution < -0.4 is 10.2 Å². The number of halogens is 4. The number of amides is 1. The molecule has 1 atom stereocenters. The minimum atomic E-state index is -3.55. The maximum atomic E-state index is 13.0. The molecule has 1 aliphatic heterocycles. The van der Waals surface area contributed by atoms with Crippen molar-refractivity contribution in [2.75, 3.05) is 6.61 Å². The number of rotatable bonds is 5. The number of nitro groups is 1. The Hall–Kier alpha value is -2.89. The van der Waals surface area contributed by atoms with Gasteiger partial charge in [0.05, 0.1) is 11.3 Å². The van der Waals surface area contributed by atoms with Gasteiger partial charge in [-0.05, 0) is 6.07 Å². The van der Waals surface area contributed by atoms with Crippen LogP contribution in [0, 0.1) is 10.1 Å². The van der Waals surface area contributed by atoms with Gasteiger partial charge in [-0.25, -0.2) is 13.8 Å². The summed E-state index contributed by atoms with van der Waals surface area (Å²) in [6.45, 7) is -1.01. The minimum Gasteiger partial charge on any atom is -0.477 e. The molecule has 2 rings (SSSR count). The standard InChI is InChI=1S/C13H11F4N3O5/c14-11(15)7-5-13(22,12(16)17)19(18-7)10(21)6-25-9-4-2-1-3-8(9)20(23)24/h1-4,12,18,22H,5-6H2. The summed E-state index contributed by atoms with van der Waals surface area (Å²) in [5.74, 6) is -1.65. The van der Waals surface area contributed by atoms with E-state index in [2.05, 4.69) is 0 Å². The summed E-state index contributed by atoms with van der Waals surface area (Å²) in [7, 11) is 0. The summed E-state index contributed by atoms with van der Waals surface area (Å²) < 4.78 is 56.1. The van der Waals surface area contributed by atoms with E-state index in [9.17, 15) is 37.6 Å². The smallest absolute Gasteiger partial charge is 0.310 e. The number of nitrogens with one attached hydrogen (secondary N) is 1. The first kappa shape index (κ1) is 18.4. The zero-order valence-electron chi connectivity index (χ0n) is 12.3. The Balaban J connectivity index is 2.17. The second-order valence-corrected chi connectivity index (χ2v) is 4.95. The predicted molar refractivity (Wildman–Crippen MR) is 73.4 cm³/mol. The van der Waals surface area contributed by atoms with E-state index in [-0.39, 0.29) is 10.8 Å². The molecule has 136 valence electrons. The number of hydrogen-bond donors (Lipinski definition) is 2. The molecule has 25 heavy (non-hydrogen) atoms. The van der Waals surface area contributed by atoms with Gasteiger partial charge in [-0.15, -0.1) is 0 Å². The van der Waals surface area contributed by atoms with Gasteiger partial charge in [-0.1, -0.05) is 12.1 Å². The van der Waals surface area contributed by atoms with Gasteiger partial charge in [-0.3, -0.25) is 20.3 Å². The summed E-state index contributed by atoms with van der Waals surface area (Å²) in [5, 5.41) is 20.6. The van der Waals surface area contributed by atoms with Crippen LogP contribution in [-0.4, -0.2) is 39.7 Å². The lowest BCUT2D eigenvalue weighted by Crippen LogP contribution is -2.57. The number of benzene rings is 1. The quantitative estimate of drug-likeness (QED) is 0.468. The van der Waals surface area contributed by atoms with Gasteiger partial charge < -0.3 is 9.84 Å². The van der Waals surface area contributed by atoms with Gasteiger partial charge in [0.15, 0.2) is 12.4 Å². The first-order valence-electron chi connectivity index (χ1n) is 6.67. The number of ether oxygens (including phenoxy) is 1. The van der Waals surface area contributed by atoms with Crippen molar-refractivity contribution in [3.8, 4) is 5.75 Å². The number of nitrogens with zero attached hydrogens (tertiary/aromatic N) is 2. The summed E-state index contributed by atoms with van der Waals surface area (Å²) in [4.78, 5) is 22.0. The van der Waals surface area contributed by atoms with E-state index < -0.39 is 53.5 Å². The molecule has 2 N–H and O–H groups in total. The molecule has 0 spiro atoms. The number of alkyl halides is 2. The molecule has 1 fully saturated rings. The van der Waals surface area contributed by atoms with E-state index in [0.29, 0.717) is 0 Å². The molecule has 0 radical (unpaired) electrons. The monoisotopic (exact) mass is 365 g/mol. The molecule has 1 unspecified atom stereocenters. The van der Waals surface area contributed by atoms with Crippen molar-refractivity contribution >= 4 is 11.6 Å². The Morgan fingerprint density at radius 2 is 2.08 bits per heavy atom. The number of carbonyl (C=O) groups is 1. The third-order valence-electron chi connectivity index (χ3n) is 3.31. The number of hydrazine groups is 1. The normalized spacial score (nSPS) is 19.8. The highest BCUT2D eigenvalue weighted by Crippen LogP contribution is 2.34. The number of aliphatic hydroxyl groups is 1. The van der Waals surface area contributed by atoms with Gasteiger partial charge in [0.25, 0.3) is 18.4 Å². The average molecular weight is 365 g/mol. The van der Waals surface area contributed by atoms with E-state index in [1.165, 1.54) is 12.1 Å². The molecule has 0 saturated carbocycles. The number of hydrogen-bond acceptors (Lipinski definition) is 6. The SMILES string of the molecule is O=C(COc1ccccc1[N+](=O)[O-])N1NC(=C(F)F)CC1(O)C(F)F. The highest BCUT2D eigenvalue weighted by molar-refractivity contribution is 5.79. The lowest BCUT2D eigenvalue weighted by atomic mass is 10.1. The molecule has 0 aliphatic carbocycles. The first-order valence-corrected chi connectivity index (χ1v) is 6.67. The van der Waals surface area contributed by atoms with Gasteiger partial charge in [-0.2, -0.15) is 8.78 Å². The van der Waals surface area contributed by atoms with Crippen LogP contribution in [0.5, 0.6) is 5.75 Å². The third-order valence-corrected chi connectivity index (χ3v) is 3.31. The Bertz CT molecular complexity index is 725. The fourth-order valence-electron chi connectivity index (χ4n) is 2.11. The van der Waals surface area contributed by atoms with Crippen LogP contribution in [0.25, 0.3) is 0 Å². The predicted octanol–water partition coefficient (Wildman–Crippen LogP) is 1.77. The van der Waals surface area contributed by atoms with E-state index >= 15 is 0 Å². The Kier molecular flexibility index (Phi) is 5.11. The van der Waals surface area contributed by atoms with Gasteiger partial charge >= 0.3 is 5.69 Å². The van der Waals surface area contributed by atoms with Crippen LogP contribution >= 0.6 is 0 Å². The summed E-state index contributed by atoms with van der Waals surface area (Å²) in [6, 6.07) is 4.96. The molecule has 0 aromatic heterocycles. The molecular formula is C13H11F4N3O5. The number of carbonyl (C=O) groups excluding carboxylic acids is 1. The second kappa shape index (κ2) is 6.93. The van der Waals surface area contributed by atoms with Crippen molar-refractivity contribution in [3.05, 3.63) is 46.2 Å². The molecule has 1 heterocycles. The molecule has 1 amide bonds. The molecule has 8 nitrogen and oxygen atoms in total. The summed E-state index contributed by atoms with van der Waals surface area (Å²) in [5.41, 5.74) is -3.01. The fraction of sp³-hybridized carbons (Fsp3) is 0.308. The average Bonchev–Trinajstić information content (AvgIpc) is 2.92. The third kappa shape index (κ3) is 3.63. The Morgan fingerprint density at radius 1 is 1.44 bits per heavy atom. The van der Waals surface area contributed by atoms with Crippen LogP contribution in [0.2, 0.25) is 0 Å². The van der Waals surface area contributed by atoms with Crippen LogP contribution in [0.4, 0.5) is 23.2 Å². The molecule has 1 aromatic rings. The molecule has 1 saturated heterocycles. The van der Waals surface area contributed by atoms with Crippen molar-refractivity contribution in [3.63, 3.8) is 0 Å². The maximum Gasteiger partial charge on any atom is 0.310 e. The van der Waals surface area contributed by atoms with Gasteiger partial charge in [0.1, 0.15) is 5.70 Å². The maximum absolute atomic E-state index is 13.0. The van der Waals surface area contributed by atoms with Crippen LogP contribution in [-0.2, 0) is 4.79 Å². The fourth-order valence-corrected chi connectivity index (χ4v) is 2.11. The van der Waals surface area contributed by atoms with E-state index in [4.69, 9.17) is 4.74 Å². The van der Waals surface area contributed by atoms with Crippen molar-refractivity contribution in [1.29, 1.82) is 0 Å². The lowest BCUT2D eigenvalue weighted by Gasteiger charge is -2.30. The van der Waals surface area contributed by atoms with Gasteiger partial charge in [0.2, 0.25) is 5.72 Å². The number of nitro benzene ring substituents is 1. The van der Waals surface area contributed by atoms with Crippen molar-refractivity contribution in [2.45, 2.75) is 18.6 Å². The molecule has 12 heteroatoms. The van der Waals surface area contributed by atoms with E-state index in [0.717, 1.165) is 12.1 Å². The van der Waals surface area contributed by atoms with Crippen molar-refractivity contribution in [2.24, 2.45) is 0 Å². The minimum absolute atomic E-state index is 0.0685. The number of para-hydroxylation sites is 2. The van der Waals surface area contributed by atoms with Crippen LogP contribution in [0.15, 0.2) is 36.0 Å². The largest absolute Gasteiger partial charge is 0.477 e. The summed E-state index contributed by atoms with van der Waals surface area (Å²) in [6.07, 6.45) is -7.12. The second-order valence-electron chi connectivity index (χ2n) is 4.95. The van der Waals surface area contributed by atoms with E-state index in [1.807, 2.05) is 0 Å². The van der Waals surface area contributed by atoms with Crippen molar-refractivity contribution < 1.29 is 37.1 Å². The van der Waals surface area contributed by atoms with Crippen LogP contribution in [0.3, 0.4) is 0 Å². The molecule has 0 bridgehead atoms. The highest BCUT2D eigenvalue weighted by atomic mass is 19.3. The zero-order chi connectivity index (χ0) is 18.8.